The summed E-state index contributed by atoms with van der Waals surface area (Å²) in [5, 5.41) is 7.03. The van der Waals surface area contributed by atoms with E-state index in [-0.39, 0.29) is 0 Å². The first-order valence-corrected chi connectivity index (χ1v) is 8.74. The summed E-state index contributed by atoms with van der Waals surface area (Å²) in [5.74, 6) is 1.42. The molecule has 140 valence electrons. The number of aryl methyl sites for hydroxylation is 2. The van der Waals surface area contributed by atoms with Crippen LogP contribution in [0.15, 0.2) is 58.8 Å². The summed E-state index contributed by atoms with van der Waals surface area (Å²) >= 11 is 0. The Morgan fingerprint density at radius 3 is 2.67 bits per heavy atom. The molecule has 2 heterocycles. The van der Waals surface area contributed by atoms with Crippen molar-refractivity contribution in [3.63, 3.8) is 0 Å². The van der Waals surface area contributed by atoms with Gasteiger partial charge in [0.25, 0.3) is 5.65 Å². The molecular weight excluding hydrogens is 340 g/mol. The second kappa shape index (κ2) is 8.35. The highest BCUT2D eigenvalue weighted by Crippen LogP contribution is 2.14. The Bertz CT molecular complexity index is 972. The van der Waals surface area contributed by atoms with Crippen LogP contribution in [-0.2, 0) is 13.7 Å². The molecule has 0 aliphatic heterocycles. The lowest BCUT2D eigenvalue weighted by Gasteiger charge is -2.05. The fraction of sp³-hybridized carbons (Fsp3) is 0.250. The Balaban J connectivity index is 1.63. The summed E-state index contributed by atoms with van der Waals surface area (Å²) in [5.41, 5.74) is 7.24. The van der Waals surface area contributed by atoms with Crippen LogP contribution in [0.2, 0.25) is 0 Å². The van der Waals surface area contributed by atoms with Crippen LogP contribution in [0.1, 0.15) is 17.0 Å². The summed E-state index contributed by atoms with van der Waals surface area (Å²) in [7, 11) is 5.53. The standard InChI is InChI=1S/C20H25N6O/c1-15-6-5-7-19-25(4)17(13-26(15)19)14-27-18-10-8-16(9-11-18)12-23-24-20(21-2)22-3/h5-13H,14H2,1-4H3,(H2,21,22,24)/q+1/b23-12+. The molecule has 7 nitrogen and oxygen atoms in total. The van der Waals surface area contributed by atoms with Gasteiger partial charge in [0.2, 0.25) is 5.96 Å². The van der Waals surface area contributed by atoms with Crippen LogP contribution in [0.3, 0.4) is 0 Å². The van der Waals surface area contributed by atoms with Crippen molar-refractivity contribution >= 4 is 17.8 Å². The zero-order chi connectivity index (χ0) is 19.2. The average molecular weight is 365 g/mol. The number of fused-ring (bicyclic) bond motifs is 1. The molecule has 0 radical (unpaired) electrons. The molecular formula is C20H25N6O+. The van der Waals surface area contributed by atoms with Crippen LogP contribution in [0.25, 0.3) is 5.65 Å². The van der Waals surface area contributed by atoms with Gasteiger partial charge in [0.1, 0.15) is 17.6 Å². The summed E-state index contributed by atoms with van der Waals surface area (Å²) in [4.78, 5) is 3.99. The molecule has 0 saturated heterocycles. The van der Waals surface area contributed by atoms with Crippen molar-refractivity contribution in [1.29, 1.82) is 0 Å². The Kier molecular flexibility index (Phi) is 5.71. The van der Waals surface area contributed by atoms with E-state index in [4.69, 9.17) is 4.74 Å². The number of pyridine rings is 1. The van der Waals surface area contributed by atoms with Gasteiger partial charge >= 0.3 is 0 Å². The summed E-state index contributed by atoms with van der Waals surface area (Å²) in [6.45, 7) is 2.60. The normalized spacial score (nSPS) is 11.9. The molecule has 2 N–H and O–H groups in total. The molecule has 0 atom stereocenters. The predicted molar refractivity (Wildman–Crippen MR) is 107 cm³/mol. The number of ether oxygens (including phenoxy) is 1. The van der Waals surface area contributed by atoms with E-state index in [2.05, 4.69) is 68.2 Å². The molecule has 0 aliphatic carbocycles. The molecule has 0 saturated carbocycles. The van der Waals surface area contributed by atoms with Gasteiger partial charge in [-0.2, -0.15) is 9.50 Å². The van der Waals surface area contributed by atoms with Crippen molar-refractivity contribution in [2.24, 2.45) is 17.1 Å². The Hall–Kier alpha value is -3.35. The zero-order valence-corrected chi connectivity index (χ0v) is 16.1. The van der Waals surface area contributed by atoms with E-state index >= 15 is 0 Å². The molecule has 0 aliphatic rings. The van der Waals surface area contributed by atoms with Gasteiger partial charge in [0.15, 0.2) is 12.3 Å². The monoisotopic (exact) mass is 365 g/mol. The fourth-order valence-corrected chi connectivity index (χ4v) is 2.77. The molecule has 1 aromatic carbocycles. The van der Waals surface area contributed by atoms with Crippen molar-refractivity contribution in [3.05, 3.63) is 65.6 Å². The maximum Gasteiger partial charge on any atom is 0.286 e. The number of benzene rings is 1. The lowest BCUT2D eigenvalue weighted by molar-refractivity contribution is -0.518. The van der Waals surface area contributed by atoms with Crippen LogP contribution in [-0.4, -0.2) is 30.8 Å². The van der Waals surface area contributed by atoms with Crippen LogP contribution in [0.5, 0.6) is 5.75 Å². The lowest BCUT2D eigenvalue weighted by atomic mass is 10.2. The summed E-state index contributed by atoms with van der Waals surface area (Å²) in [6.07, 6.45) is 3.85. The van der Waals surface area contributed by atoms with E-state index < -0.39 is 0 Å². The van der Waals surface area contributed by atoms with E-state index in [0.29, 0.717) is 12.6 Å². The van der Waals surface area contributed by atoms with Gasteiger partial charge < -0.3 is 10.1 Å². The van der Waals surface area contributed by atoms with Crippen LogP contribution < -0.4 is 19.9 Å². The molecule has 0 fully saturated rings. The molecule has 27 heavy (non-hydrogen) atoms. The van der Waals surface area contributed by atoms with Gasteiger partial charge in [-0.25, -0.2) is 9.99 Å². The summed E-state index contributed by atoms with van der Waals surface area (Å²) < 4.78 is 10.3. The number of guanidine groups is 1. The highest BCUT2D eigenvalue weighted by atomic mass is 16.5. The third-order valence-electron chi connectivity index (χ3n) is 4.37. The third-order valence-corrected chi connectivity index (χ3v) is 4.37. The highest BCUT2D eigenvalue weighted by molar-refractivity contribution is 5.83. The number of hydrogen-bond donors (Lipinski definition) is 2. The number of imidazole rings is 1. The second-order valence-corrected chi connectivity index (χ2v) is 6.12. The van der Waals surface area contributed by atoms with Gasteiger partial charge in [-0.1, -0.05) is 6.07 Å². The molecule has 0 unspecified atom stereocenters. The van der Waals surface area contributed by atoms with Crippen molar-refractivity contribution in [2.75, 3.05) is 14.1 Å². The molecule has 0 bridgehead atoms. The first kappa shape index (κ1) is 18.4. The van der Waals surface area contributed by atoms with Gasteiger partial charge in [-0.3, -0.25) is 4.99 Å². The van der Waals surface area contributed by atoms with Gasteiger partial charge in [0.05, 0.1) is 13.3 Å². The Morgan fingerprint density at radius 1 is 1.22 bits per heavy atom. The van der Waals surface area contributed by atoms with Crippen molar-refractivity contribution in [1.82, 2.24) is 15.3 Å². The summed E-state index contributed by atoms with van der Waals surface area (Å²) in [6, 6.07) is 14.1. The zero-order valence-electron chi connectivity index (χ0n) is 16.1. The number of nitrogens with zero attached hydrogens (tertiary/aromatic N) is 4. The average Bonchev–Trinajstić information content (AvgIpc) is 3.02. The van der Waals surface area contributed by atoms with Crippen molar-refractivity contribution in [2.45, 2.75) is 13.5 Å². The number of aliphatic imine (C=N–C) groups is 1. The van der Waals surface area contributed by atoms with Crippen LogP contribution in [0.4, 0.5) is 0 Å². The van der Waals surface area contributed by atoms with Crippen LogP contribution >= 0.6 is 0 Å². The Labute approximate surface area is 159 Å². The van der Waals surface area contributed by atoms with E-state index in [0.717, 1.165) is 22.7 Å². The first-order valence-electron chi connectivity index (χ1n) is 8.74. The molecule has 7 heteroatoms. The molecule has 3 rings (SSSR count). The number of nitrogens with one attached hydrogen (secondary N) is 2. The van der Waals surface area contributed by atoms with E-state index in [1.807, 2.05) is 24.3 Å². The predicted octanol–water partition coefficient (Wildman–Crippen LogP) is 1.78. The topological polar surface area (TPSA) is 67.0 Å². The minimum atomic E-state index is 0.505. The van der Waals surface area contributed by atoms with Crippen LogP contribution in [0, 0.1) is 6.92 Å². The number of aromatic nitrogens is 2. The number of hydrogen-bond acceptors (Lipinski definition) is 3. The number of rotatable bonds is 5. The highest BCUT2D eigenvalue weighted by Gasteiger charge is 2.15. The second-order valence-electron chi connectivity index (χ2n) is 6.12. The maximum atomic E-state index is 5.95. The molecule has 0 amide bonds. The van der Waals surface area contributed by atoms with E-state index in [1.165, 1.54) is 5.69 Å². The SMILES string of the molecule is CN=C(NC)N/N=C/c1ccc(OCc2c[n+]3c(C)cccc3n2C)cc1. The van der Waals surface area contributed by atoms with Gasteiger partial charge in [0, 0.05) is 20.2 Å². The minimum absolute atomic E-state index is 0.505. The smallest absolute Gasteiger partial charge is 0.286 e. The van der Waals surface area contributed by atoms with Gasteiger partial charge in [-0.15, -0.1) is 0 Å². The van der Waals surface area contributed by atoms with Crippen molar-refractivity contribution in [3.8, 4) is 5.75 Å². The fourth-order valence-electron chi connectivity index (χ4n) is 2.77. The molecule has 3 aromatic rings. The molecule has 0 spiro atoms. The maximum absolute atomic E-state index is 5.95. The largest absolute Gasteiger partial charge is 0.485 e. The third kappa shape index (κ3) is 4.25. The van der Waals surface area contributed by atoms with Crippen molar-refractivity contribution < 1.29 is 9.14 Å². The van der Waals surface area contributed by atoms with E-state index in [9.17, 15) is 0 Å². The quantitative estimate of drug-likeness (QED) is 0.313. The molecule has 2 aromatic heterocycles. The van der Waals surface area contributed by atoms with E-state index in [1.54, 1.807) is 20.3 Å². The van der Waals surface area contributed by atoms with Gasteiger partial charge in [-0.05, 0) is 42.8 Å². The number of hydrazone groups is 1. The Morgan fingerprint density at radius 2 is 2.00 bits per heavy atom. The minimum Gasteiger partial charge on any atom is -0.485 e. The first-order chi connectivity index (χ1) is 13.1. The lowest BCUT2D eigenvalue weighted by Crippen LogP contribution is -2.30.